The molecule has 0 bridgehead atoms. The number of nitrogens with one attached hydrogen (secondary N) is 1. The van der Waals surface area contributed by atoms with Crippen LogP contribution >= 0.6 is 11.3 Å². The molecule has 0 amide bonds. The number of esters is 1. The number of nitrogens with zero attached hydrogens (tertiary/aromatic N) is 1. The average Bonchev–Trinajstić information content (AvgIpc) is 3.22. The first-order valence-electron chi connectivity index (χ1n) is 12.8. The lowest BCUT2D eigenvalue weighted by atomic mass is 9.74. The van der Waals surface area contributed by atoms with Gasteiger partial charge in [0, 0.05) is 10.3 Å². The second kappa shape index (κ2) is 11.8. The van der Waals surface area contributed by atoms with Crippen LogP contribution in [0.3, 0.4) is 0 Å². The van der Waals surface area contributed by atoms with Crippen molar-refractivity contribution in [2.24, 2.45) is 10.6 Å². The van der Waals surface area contributed by atoms with E-state index < -0.39 is 33.0 Å². The number of ether oxygens (including phenoxy) is 2. The molecule has 1 atom stereocenters. The third-order valence-corrected chi connectivity index (χ3v) is 10.9. The number of carbonyl (C=O) groups is 1. The molecule has 0 aliphatic heterocycles. The number of benzene rings is 1. The van der Waals surface area contributed by atoms with Gasteiger partial charge in [-0.15, -0.1) is 11.3 Å². The van der Waals surface area contributed by atoms with Gasteiger partial charge in [0.15, 0.2) is 0 Å². The first-order valence-corrected chi connectivity index (χ1v) is 15.1. The van der Waals surface area contributed by atoms with Crippen molar-refractivity contribution >= 4 is 27.3 Å². The lowest BCUT2D eigenvalue weighted by Gasteiger charge is -2.32. The summed E-state index contributed by atoms with van der Waals surface area (Å²) < 4.78 is 40.0. The van der Waals surface area contributed by atoms with Crippen molar-refractivity contribution in [2.45, 2.75) is 96.4 Å². The van der Waals surface area contributed by atoms with Crippen LogP contribution < -0.4 is 9.46 Å². The number of sulfonamides is 1. The summed E-state index contributed by atoms with van der Waals surface area (Å²) in [6.07, 6.45) is 1.51. The molecule has 2 rings (SSSR count). The van der Waals surface area contributed by atoms with Crippen molar-refractivity contribution in [3.63, 3.8) is 0 Å². The Labute approximate surface area is 231 Å². The van der Waals surface area contributed by atoms with Gasteiger partial charge < -0.3 is 9.47 Å². The van der Waals surface area contributed by atoms with Crippen LogP contribution in [0.4, 0.5) is 0 Å². The van der Waals surface area contributed by atoms with Crippen LogP contribution in [0.5, 0.6) is 5.75 Å². The van der Waals surface area contributed by atoms with Crippen molar-refractivity contribution in [1.82, 2.24) is 4.72 Å². The summed E-state index contributed by atoms with van der Waals surface area (Å²) in [5, 5.41) is 3.24. The molecule has 1 aromatic heterocycles. The molecular formula is C28H42N2O6S2. The second-order valence-electron chi connectivity index (χ2n) is 11.4. The van der Waals surface area contributed by atoms with Gasteiger partial charge in [-0.2, -0.15) is 9.63 Å². The van der Waals surface area contributed by atoms with Crippen molar-refractivity contribution in [1.29, 1.82) is 0 Å². The molecule has 1 N–H and O–H groups in total. The van der Waals surface area contributed by atoms with Gasteiger partial charge in [0.05, 0.1) is 7.11 Å². The van der Waals surface area contributed by atoms with Gasteiger partial charge in [0.1, 0.15) is 28.1 Å². The number of hydrogen-bond acceptors (Lipinski definition) is 8. The van der Waals surface area contributed by atoms with Gasteiger partial charge in [-0.3, -0.25) is 4.79 Å². The van der Waals surface area contributed by atoms with E-state index in [0.29, 0.717) is 11.3 Å². The van der Waals surface area contributed by atoms with Gasteiger partial charge in [-0.25, -0.2) is 8.42 Å². The second-order valence-corrected chi connectivity index (χ2v) is 14.3. The van der Waals surface area contributed by atoms with Crippen LogP contribution in [0.15, 0.2) is 33.7 Å². The fourth-order valence-electron chi connectivity index (χ4n) is 4.51. The molecule has 10 heteroatoms. The summed E-state index contributed by atoms with van der Waals surface area (Å²) >= 11 is 1.23. The van der Waals surface area contributed by atoms with Gasteiger partial charge >= 0.3 is 5.97 Å². The highest BCUT2D eigenvalue weighted by Crippen LogP contribution is 2.45. The molecular weight excluding hydrogens is 524 g/mol. The quantitative estimate of drug-likeness (QED) is 0.240. The third kappa shape index (κ3) is 6.63. The number of carbonyl (C=O) groups excluding carboxylic acids is 1. The molecule has 1 unspecified atom stereocenters. The molecule has 0 saturated carbocycles. The molecule has 0 radical (unpaired) electrons. The Morgan fingerprint density at radius 2 is 1.66 bits per heavy atom. The molecule has 0 aliphatic rings. The van der Waals surface area contributed by atoms with Crippen LogP contribution in [0.25, 0.3) is 0 Å². The van der Waals surface area contributed by atoms with Crippen LogP contribution in [-0.4, -0.2) is 39.7 Å². The predicted molar refractivity (Wildman–Crippen MR) is 153 cm³/mol. The van der Waals surface area contributed by atoms with Crippen LogP contribution in [0, 0.1) is 24.2 Å². The number of thiophene rings is 1. The number of rotatable bonds is 12. The normalized spacial score (nSPS) is 13.7. The first-order chi connectivity index (χ1) is 17.5. The summed E-state index contributed by atoms with van der Waals surface area (Å²) in [5.41, 5.74) is 0.482. The Morgan fingerprint density at radius 3 is 2.13 bits per heavy atom. The highest BCUT2D eigenvalue weighted by Gasteiger charge is 2.38. The van der Waals surface area contributed by atoms with E-state index in [0.717, 1.165) is 28.8 Å². The van der Waals surface area contributed by atoms with Gasteiger partial charge in [-0.1, -0.05) is 51.9 Å². The number of nitroso groups, excluding NO2 is 1. The Bertz CT molecular complexity index is 1250. The number of hydrogen-bond donors (Lipinski definition) is 1. The minimum Gasteiger partial charge on any atom is -0.491 e. The van der Waals surface area contributed by atoms with Crippen molar-refractivity contribution in [2.75, 3.05) is 13.7 Å². The highest BCUT2D eigenvalue weighted by molar-refractivity contribution is 7.91. The molecule has 1 heterocycles. The zero-order valence-corrected chi connectivity index (χ0v) is 25.9. The molecule has 38 heavy (non-hydrogen) atoms. The van der Waals surface area contributed by atoms with E-state index in [4.69, 9.17) is 9.47 Å². The van der Waals surface area contributed by atoms with Gasteiger partial charge in [0.25, 0.3) is 10.0 Å². The topological polar surface area (TPSA) is 111 Å². The van der Waals surface area contributed by atoms with Gasteiger partial charge in [-0.05, 0) is 74.8 Å². The Kier molecular flexibility index (Phi) is 9.94. The van der Waals surface area contributed by atoms with Crippen LogP contribution in [-0.2, 0) is 25.0 Å². The molecule has 0 fully saturated rings. The molecule has 0 aliphatic carbocycles. The van der Waals surface area contributed by atoms with E-state index in [1.165, 1.54) is 32.3 Å². The van der Waals surface area contributed by atoms with E-state index in [1.807, 2.05) is 45.9 Å². The summed E-state index contributed by atoms with van der Waals surface area (Å²) in [5.74, 6) is 0.0233. The third-order valence-electron chi connectivity index (χ3n) is 7.13. The summed E-state index contributed by atoms with van der Waals surface area (Å²) in [7, 11) is -2.75. The molecule has 2 aromatic rings. The molecule has 0 spiro atoms. The summed E-state index contributed by atoms with van der Waals surface area (Å²) in [4.78, 5) is 24.3. The minimum absolute atomic E-state index is 0.182. The maximum atomic E-state index is 13.3. The van der Waals surface area contributed by atoms with Gasteiger partial charge in [0.2, 0.25) is 0 Å². The van der Waals surface area contributed by atoms with E-state index >= 15 is 0 Å². The van der Waals surface area contributed by atoms with E-state index in [1.54, 1.807) is 6.92 Å². The Hall–Kier alpha value is -2.30. The largest absolute Gasteiger partial charge is 0.491 e. The maximum Gasteiger partial charge on any atom is 0.326 e. The van der Waals surface area contributed by atoms with Crippen molar-refractivity contribution < 1.29 is 22.7 Å². The zero-order valence-electron chi connectivity index (χ0n) is 24.2. The predicted octanol–water partition coefficient (Wildman–Crippen LogP) is 6.26. The average molecular weight is 567 g/mol. The fourth-order valence-corrected chi connectivity index (χ4v) is 7.93. The first kappa shape index (κ1) is 31.9. The van der Waals surface area contributed by atoms with Crippen LogP contribution in [0.1, 0.15) is 82.9 Å². The summed E-state index contributed by atoms with van der Waals surface area (Å²) in [6.45, 7) is 16.9. The smallest absolute Gasteiger partial charge is 0.326 e. The molecule has 212 valence electrons. The number of methoxy groups -OCH3 is 1. The molecule has 0 saturated heterocycles. The minimum atomic E-state index is -3.97. The Balaban J connectivity index is 2.47. The van der Waals surface area contributed by atoms with Crippen molar-refractivity contribution in [3.8, 4) is 5.75 Å². The van der Waals surface area contributed by atoms with Crippen LogP contribution in [0.2, 0.25) is 0 Å². The van der Waals surface area contributed by atoms with E-state index in [-0.39, 0.29) is 16.2 Å². The fraction of sp³-hybridized carbons (Fsp3) is 0.607. The SMILES string of the molecule is CCC(CC)(c1ccc(OCC(N=O)C(C)(C)C)c(C)c1)c1cc(C)c(S(=O)(=O)NC(C)(C)C(=O)OC)s1. The molecule has 1 aromatic carbocycles. The Morgan fingerprint density at radius 1 is 1.05 bits per heavy atom. The van der Waals surface area contributed by atoms with E-state index in [2.05, 4.69) is 29.8 Å². The standard InChI is InChI=1S/C28H42N2O6S2/c1-11-28(12-2,20-13-14-21(18(3)15-20)36-17-22(29-32)26(5,6)7)23-16-19(4)24(37-23)38(33,34)30-27(8,9)25(31)35-10/h13-16,22,30H,11-12,17H2,1-10H3. The zero-order chi connectivity index (χ0) is 29.1. The highest BCUT2D eigenvalue weighted by atomic mass is 32.2. The van der Waals surface area contributed by atoms with E-state index in [9.17, 15) is 18.1 Å². The summed E-state index contributed by atoms with van der Waals surface area (Å²) in [6, 6.07) is 7.45. The lowest BCUT2D eigenvalue weighted by molar-refractivity contribution is -0.146. The van der Waals surface area contributed by atoms with Crippen molar-refractivity contribution in [3.05, 3.63) is 50.7 Å². The molecule has 8 nitrogen and oxygen atoms in total. The maximum absolute atomic E-state index is 13.3. The monoisotopic (exact) mass is 566 g/mol. The number of aryl methyl sites for hydroxylation is 2. The lowest BCUT2D eigenvalue weighted by Crippen LogP contribution is -2.50.